The number of anilines is 1. The Balaban J connectivity index is 0.000000334. The van der Waals surface area contributed by atoms with Gasteiger partial charge in [-0.25, -0.2) is 13.6 Å². The molecule has 11 heteroatoms. The van der Waals surface area contributed by atoms with Crippen LogP contribution in [0.1, 0.15) is 62.5 Å². The molecule has 2 unspecified atom stereocenters. The maximum atomic E-state index is 14.7. The molecule has 2 saturated carbocycles. The lowest BCUT2D eigenvalue weighted by Gasteiger charge is -2.43. The summed E-state index contributed by atoms with van der Waals surface area (Å²) in [6, 6.07) is 6.90. The molecule has 8 rings (SSSR count). The van der Waals surface area contributed by atoms with Gasteiger partial charge in [-0.15, -0.1) is 6.42 Å². The molecule has 0 amide bonds. The van der Waals surface area contributed by atoms with Crippen LogP contribution in [0.25, 0.3) is 33.0 Å². The van der Waals surface area contributed by atoms with Crippen LogP contribution < -0.4 is 21.0 Å². The topological polar surface area (TPSA) is 113 Å². The van der Waals surface area contributed by atoms with Crippen LogP contribution in [0.4, 0.5) is 14.6 Å². The van der Waals surface area contributed by atoms with Crippen molar-refractivity contribution in [3.8, 4) is 35.4 Å². The van der Waals surface area contributed by atoms with Gasteiger partial charge in [0.2, 0.25) is 0 Å². The van der Waals surface area contributed by atoms with Crippen molar-refractivity contribution in [2.24, 2.45) is 0 Å². The highest BCUT2D eigenvalue weighted by Crippen LogP contribution is 2.40. The minimum atomic E-state index is -0.668. The minimum Gasteiger partial charge on any atom is -0.508 e. The van der Waals surface area contributed by atoms with Gasteiger partial charge < -0.3 is 24.9 Å². The van der Waals surface area contributed by atoms with Gasteiger partial charge in [-0.3, -0.25) is 4.90 Å². The van der Waals surface area contributed by atoms with Gasteiger partial charge in [-0.05, 0) is 88.4 Å². The first kappa shape index (κ1) is 31.3. The fraction of sp³-hybridized carbons (Fsp3) is 0.472. The molecule has 4 fully saturated rings. The van der Waals surface area contributed by atoms with Crippen molar-refractivity contribution in [2.75, 3.05) is 32.1 Å². The van der Waals surface area contributed by atoms with Crippen molar-refractivity contribution in [2.45, 2.75) is 82.1 Å². The van der Waals surface area contributed by atoms with Gasteiger partial charge in [-0.2, -0.15) is 9.97 Å². The second-order valence-corrected chi connectivity index (χ2v) is 13.3. The van der Waals surface area contributed by atoms with Crippen molar-refractivity contribution >= 4 is 27.5 Å². The second-order valence-electron chi connectivity index (χ2n) is 13.3. The van der Waals surface area contributed by atoms with Gasteiger partial charge in [0.1, 0.15) is 34.7 Å². The number of benzene rings is 2. The van der Waals surface area contributed by atoms with Crippen molar-refractivity contribution in [3.63, 3.8) is 0 Å². The van der Waals surface area contributed by atoms with Crippen LogP contribution in [0.3, 0.4) is 0 Å². The van der Waals surface area contributed by atoms with Gasteiger partial charge in [-0.1, -0.05) is 12.0 Å². The summed E-state index contributed by atoms with van der Waals surface area (Å²) in [5.74, 6) is 2.17. The van der Waals surface area contributed by atoms with Gasteiger partial charge in [0.15, 0.2) is 0 Å². The number of fused-ring (bicyclic) bond motifs is 3. The molecule has 2 atom stereocenters. The lowest BCUT2D eigenvalue weighted by atomic mass is 9.76. The molecule has 4 aliphatic rings. The third-order valence-corrected chi connectivity index (χ3v) is 10.1. The number of rotatable bonds is 7. The highest BCUT2D eigenvalue weighted by Gasteiger charge is 2.41. The number of terminal acetylenes is 1. The molecule has 0 radical (unpaired) electrons. The molecule has 2 aromatic heterocycles. The Labute approximate surface area is 271 Å². The average molecular weight is 644 g/mol. The average Bonchev–Trinajstić information content (AvgIpc) is 3.64. The fourth-order valence-electron chi connectivity index (χ4n) is 7.37. The number of aromatic nitrogens is 2. The largest absolute Gasteiger partial charge is 0.508 e. The standard InChI is InChI=1S/C29H27FN4O4.C7H12FN/c1-4-19-21(30)9-6-16-12-18(35)13-20(22(16)19)25-15(2)24-23(27(36)38-25)26(33-28(32-24)37-3)31-14-29(10-5-11-29)34-17-7-8-17;8-6-4-7-2-1-3-9(7)5-6/h1,6,9,12-13,17,34-35H,5,7-8,10-11,14H2,2-3H3,(H,31,32,33);6-7H,1-5H2. The van der Waals surface area contributed by atoms with Crippen molar-refractivity contribution in [1.29, 1.82) is 0 Å². The molecular formula is C36H39F2N5O4. The van der Waals surface area contributed by atoms with E-state index in [1.54, 1.807) is 6.92 Å². The number of phenolic OH excluding ortho intramolecular Hbond substituents is 1. The van der Waals surface area contributed by atoms with E-state index in [-0.39, 0.29) is 39.6 Å². The number of halogens is 2. The SMILES string of the molecule is C#Cc1c(F)ccc2cc(O)cc(-c3oc(=O)c4c(NCC5(NC6CC6)CCC5)nc(OC)nc4c3C)c12.FC1CC2CCCN2C1. The van der Waals surface area contributed by atoms with E-state index in [0.29, 0.717) is 52.8 Å². The monoisotopic (exact) mass is 643 g/mol. The Morgan fingerprint density at radius 2 is 2.00 bits per heavy atom. The zero-order chi connectivity index (χ0) is 32.9. The molecule has 2 aliphatic carbocycles. The molecular weight excluding hydrogens is 604 g/mol. The van der Waals surface area contributed by atoms with E-state index in [1.165, 1.54) is 57.1 Å². The van der Waals surface area contributed by atoms with E-state index < -0.39 is 17.6 Å². The third-order valence-electron chi connectivity index (χ3n) is 10.1. The lowest BCUT2D eigenvalue weighted by molar-refractivity contribution is 0.197. The first-order chi connectivity index (χ1) is 22.7. The predicted octanol–water partition coefficient (Wildman–Crippen LogP) is 5.83. The molecule has 0 bridgehead atoms. The number of nitrogens with one attached hydrogen (secondary N) is 2. The molecule has 4 heterocycles. The van der Waals surface area contributed by atoms with Crippen molar-refractivity contribution < 1.29 is 23.0 Å². The number of aryl methyl sites for hydroxylation is 1. The molecule has 2 saturated heterocycles. The highest BCUT2D eigenvalue weighted by atomic mass is 19.1. The molecule has 2 aliphatic heterocycles. The first-order valence-corrected chi connectivity index (χ1v) is 16.4. The number of methoxy groups -OCH3 is 1. The number of ether oxygens (including phenoxy) is 1. The van der Waals surface area contributed by atoms with Crippen LogP contribution in [0.15, 0.2) is 33.5 Å². The van der Waals surface area contributed by atoms with E-state index in [2.05, 4.69) is 31.4 Å². The highest BCUT2D eigenvalue weighted by molar-refractivity contribution is 6.03. The zero-order valence-electron chi connectivity index (χ0n) is 26.7. The van der Waals surface area contributed by atoms with E-state index >= 15 is 0 Å². The van der Waals surface area contributed by atoms with Gasteiger partial charge in [0.05, 0.1) is 18.2 Å². The summed E-state index contributed by atoms with van der Waals surface area (Å²) in [5.41, 5.74) is 0.431. The predicted molar refractivity (Wildman–Crippen MR) is 177 cm³/mol. The second kappa shape index (κ2) is 12.4. The maximum Gasteiger partial charge on any atom is 0.349 e. The summed E-state index contributed by atoms with van der Waals surface area (Å²) in [4.78, 5) is 24.7. The third kappa shape index (κ3) is 6.01. The molecule has 4 aromatic rings. The Kier molecular flexibility index (Phi) is 8.26. The maximum absolute atomic E-state index is 14.7. The number of aromatic hydroxyl groups is 1. The van der Waals surface area contributed by atoms with Gasteiger partial charge in [0.25, 0.3) is 0 Å². The summed E-state index contributed by atoms with van der Waals surface area (Å²) in [7, 11) is 1.46. The number of alkyl halides is 1. The fourth-order valence-corrected chi connectivity index (χ4v) is 7.37. The van der Waals surface area contributed by atoms with Crippen LogP contribution in [0.2, 0.25) is 0 Å². The molecule has 47 heavy (non-hydrogen) atoms. The summed E-state index contributed by atoms with van der Waals surface area (Å²) in [6.07, 6.45) is 14.1. The van der Waals surface area contributed by atoms with Crippen LogP contribution >= 0.6 is 0 Å². The number of nitrogens with zero attached hydrogens (tertiary/aromatic N) is 3. The first-order valence-electron chi connectivity index (χ1n) is 16.4. The Hall–Kier alpha value is -4.27. The number of hydrogen-bond donors (Lipinski definition) is 3. The number of hydrogen-bond acceptors (Lipinski definition) is 9. The van der Waals surface area contributed by atoms with E-state index in [1.807, 2.05) is 0 Å². The lowest BCUT2D eigenvalue weighted by Crippen LogP contribution is -2.56. The van der Waals surface area contributed by atoms with Crippen molar-refractivity contribution in [3.05, 3.63) is 51.6 Å². The molecule has 2 aromatic carbocycles. The quantitative estimate of drug-likeness (QED) is 0.214. The smallest absolute Gasteiger partial charge is 0.349 e. The van der Waals surface area contributed by atoms with E-state index in [0.717, 1.165) is 32.2 Å². The van der Waals surface area contributed by atoms with E-state index in [9.17, 15) is 18.7 Å². The van der Waals surface area contributed by atoms with Crippen LogP contribution in [-0.4, -0.2) is 70.5 Å². The van der Waals surface area contributed by atoms with Gasteiger partial charge in [0, 0.05) is 47.2 Å². The summed E-state index contributed by atoms with van der Waals surface area (Å²) >= 11 is 0. The molecule has 9 nitrogen and oxygen atoms in total. The van der Waals surface area contributed by atoms with Crippen LogP contribution in [-0.2, 0) is 0 Å². The zero-order valence-corrected chi connectivity index (χ0v) is 26.7. The van der Waals surface area contributed by atoms with Crippen LogP contribution in [0.5, 0.6) is 11.8 Å². The van der Waals surface area contributed by atoms with Crippen molar-refractivity contribution in [1.82, 2.24) is 20.2 Å². The van der Waals surface area contributed by atoms with Gasteiger partial charge >= 0.3 is 11.6 Å². The number of phenols is 1. The van der Waals surface area contributed by atoms with E-state index in [4.69, 9.17) is 15.6 Å². The summed E-state index contributed by atoms with van der Waals surface area (Å²) in [6.45, 7) is 4.19. The Morgan fingerprint density at radius 3 is 2.68 bits per heavy atom. The molecule has 246 valence electrons. The minimum absolute atomic E-state index is 0.0104. The summed E-state index contributed by atoms with van der Waals surface area (Å²) < 4.78 is 38.5. The summed E-state index contributed by atoms with van der Waals surface area (Å²) in [5, 5.41) is 18.6. The molecule has 0 spiro atoms. The van der Waals surface area contributed by atoms with Crippen LogP contribution in [0, 0.1) is 25.1 Å². The normalized spacial score (nSPS) is 21.5. The Morgan fingerprint density at radius 1 is 1.19 bits per heavy atom. The Bertz CT molecular complexity index is 1940. The molecule has 3 N–H and O–H groups in total.